The quantitative estimate of drug-likeness (QED) is 0.484. The van der Waals surface area contributed by atoms with Gasteiger partial charge in [-0.1, -0.05) is 30.3 Å². The number of rotatable bonds is 8. The number of carbonyl (C=O) groups excluding carboxylic acids is 1. The Kier molecular flexibility index (Phi) is 6.13. The van der Waals surface area contributed by atoms with Gasteiger partial charge in [-0.25, -0.2) is 8.42 Å². The van der Waals surface area contributed by atoms with Crippen LogP contribution >= 0.6 is 0 Å². The minimum Gasteiger partial charge on any atom is -0.493 e. The average Bonchev–Trinajstić information content (AvgIpc) is 3.35. The lowest BCUT2D eigenvalue weighted by Crippen LogP contribution is -2.37. The molecule has 2 aliphatic heterocycles. The lowest BCUT2D eigenvalue weighted by molar-refractivity contribution is -0.120. The molecule has 1 saturated carbocycles. The Morgan fingerprint density at radius 1 is 1.14 bits per heavy atom. The van der Waals surface area contributed by atoms with Crippen LogP contribution in [-0.2, 0) is 33.1 Å². The smallest absolute Gasteiger partial charge is 0.243 e. The Labute approximate surface area is 218 Å². The Morgan fingerprint density at radius 3 is 2.70 bits per heavy atom. The summed E-state index contributed by atoms with van der Waals surface area (Å²) in [5.74, 6) is 1.11. The molecule has 1 aliphatic carbocycles. The number of pyridine rings is 1. The summed E-state index contributed by atoms with van der Waals surface area (Å²) >= 11 is 0. The molecular weight excluding hydrogens is 488 g/mol. The van der Waals surface area contributed by atoms with Gasteiger partial charge in [-0.3, -0.25) is 9.78 Å². The van der Waals surface area contributed by atoms with Crippen molar-refractivity contribution in [1.82, 2.24) is 9.29 Å². The first-order chi connectivity index (χ1) is 17.9. The second-order valence-electron chi connectivity index (χ2n) is 10.2. The summed E-state index contributed by atoms with van der Waals surface area (Å²) in [4.78, 5) is 18.4. The second-order valence-corrected chi connectivity index (χ2v) is 12.1. The number of ketones is 1. The van der Waals surface area contributed by atoms with Crippen LogP contribution in [0.4, 0.5) is 0 Å². The number of hydrogen-bond acceptors (Lipinski definition) is 6. The van der Waals surface area contributed by atoms with E-state index in [-0.39, 0.29) is 31.2 Å². The number of carbonyl (C=O) groups is 1. The largest absolute Gasteiger partial charge is 0.493 e. The van der Waals surface area contributed by atoms with Crippen LogP contribution in [0.25, 0.3) is 11.3 Å². The van der Waals surface area contributed by atoms with E-state index in [1.165, 1.54) is 9.87 Å². The first kappa shape index (κ1) is 24.3. The van der Waals surface area contributed by atoms with E-state index in [1.54, 1.807) is 24.3 Å². The molecule has 1 atom stereocenters. The Hall–Kier alpha value is -3.07. The number of aliphatic hydroxyl groups is 1. The molecule has 194 valence electrons. The molecule has 1 N–H and O–H groups in total. The van der Waals surface area contributed by atoms with Crippen LogP contribution in [0.15, 0.2) is 65.6 Å². The van der Waals surface area contributed by atoms with E-state index in [0.29, 0.717) is 31.0 Å². The van der Waals surface area contributed by atoms with Crippen molar-refractivity contribution in [1.29, 1.82) is 0 Å². The van der Waals surface area contributed by atoms with Crippen LogP contribution in [0.3, 0.4) is 0 Å². The van der Waals surface area contributed by atoms with Crippen molar-refractivity contribution in [2.45, 2.75) is 54.9 Å². The second kappa shape index (κ2) is 9.35. The molecule has 0 bridgehead atoms. The molecule has 2 aromatic carbocycles. The summed E-state index contributed by atoms with van der Waals surface area (Å²) in [7, 11) is -3.66. The average molecular weight is 521 g/mol. The van der Waals surface area contributed by atoms with Crippen molar-refractivity contribution in [2.24, 2.45) is 0 Å². The van der Waals surface area contributed by atoms with Gasteiger partial charge in [0, 0.05) is 38.1 Å². The molecule has 6 rings (SSSR count). The molecule has 1 aromatic heterocycles. The molecule has 0 radical (unpaired) electrons. The molecule has 1 saturated heterocycles. The maximum absolute atomic E-state index is 13.4. The van der Waals surface area contributed by atoms with Crippen molar-refractivity contribution in [2.75, 3.05) is 19.8 Å². The number of aromatic nitrogens is 1. The zero-order valence-electron chi connectivity index (χ0n) is 20.6. The minimum absolute atomic E-state index is 0. The first-order valence-corrected chi connectivity index (χ1v) is 14.3. The number of benzene rings is 2. The summed E-state index contributed by atoms with van der Waals surface area (Å²) in [6.45, 7) is 0.952. The summed E-state index contributed by atoms with van der Waals surface area (Å²) < 4.78 is 33.1. The van der Waals surface area contributed by atoms with E-state index in [4.69, 9.17) is 9.72 Å². The topological polar surface area (TPSA) is 96.8 Å². The van der Waals surface area contributed by atoms with Crippen LogP contribution in [0, 0.1) is 0 Å². The van der Waals surface area contributed by atoms with Crippen molar-refractivity contribution < 1.29 is 24.5 Å². The van der Waals surface area contributed by atoms with Crippen molar-refractivity contribution in [3.63, 3.8) is 0 Å². The number of sulfonamides is 1. The van der Waals surface area contributed by atoms with E-state index in [2.05, 4.69) is 6.07 Å². The van der Waals surface area contributed by atoms with E-state index in [0.717, 1.165) is 42.6 Å². The predicted octanol–water partition coefficient (Wildman–Crippen LogP) is 3.92. The Morgan fingerprint density at radius 2 is 1.95 bits per heavy atom. The van der Waals surface area contributed by atoms with Crippen molar-refractivity contribution >= 4 is 15.8 Å². The highest BCUT2D eigenvalue weighted by molar-refractivity contribution is 7.89. The number of nitrogens with zero attached hydrogens (tertiary/aromatic N) is 2. The molecule has 3 aromatic rings. The molecule has 7 nitrogen and oxygen atoms in total. The third-order valence-corrected chi connectivity index (χ3v) is 9.93. The zero-order chi connectivity index (χ0) is 25.6. The molecule has 3 aliphatic rings. The third kappa shape index (κ3) is 4.37. The van der Waals surface area contributed by atoms with E-state index in [1.807, 2.05) is 30.3 Å². The molecule has 0 spiro atoms. The highest BCUT2D eigenvalue weighted by atomic mass is 32.2. The van der Waals surface area contributed by atoms with Crippen LogP contribution in [-0.4, -0.2) is 54.4 Å². The van der Waals surface area contributed by atoms with Gasteiger partial charge in [0.15, 0.2) is 0 Å². The summed E-state index contributed by atoms with van der Waals surface area (Å²) in [5, 5.41) is 9.54. The minimum atomic E-state index is -3.66. The first-order valence-electron chi connectivity index (χ1n) is 12.9. The van der Waals surface area contributed by atoms with Gasteiger partial charge in [0.2, 0.25) is 10.0 Å². The van der Waals surface area contributed by atoms with Crippen LogP contribution < -0.4 is 4.74 Å². The highest BCUT2D eigenvalue weighted by Gasteiger charge is 2.50. The summed E-state index contributed by atoms with van der Waals surface area (Å²) in [6.07, 6.45) is 4.28. The van der Waals surface area contributed by atoms with Gasteiger partial charge in [0.1, 0.15) is 11.5 Å². The van der Waals surface area contributed by atoms with E-state index in [9.17, 15) is 18.3 Å². The van der Waals surface area contributed by atoms with Gasteiger partial charge < -0.3 is 9.84 Å². The lowest BCUT2D eigenvalue weighted by atomic mass is 9.87. The van der Waals surface area contributed by atoms with Gasteiger partial charge >= 0.3 is 0 Å². The van der Waals surface area contributed by atoms with Crippen LogP contribution in [0.2, 0.25) is 0 Å². The summed E-state index contributed by atoms with van der Waals surface area (Å²) in [6, 6.07) is 18.1. The molecule has 0 amide bonds. The zero-order valence-corrected chi connectivity index (χ0v) is 21.4. The Bertz CT molecular complexity index is 1450. The number of Topliss-reactive ketones (excluding diaryl/α,β-unsaturated/α-hetero) is 1. The molecule has 8 heteroatoms. The fraction of sp³-hybridized carbons (Fsp3) is 0.379. The maximum atomic E-state index is 13.4. The predicted molar refractivity (Wildman–Crippen MR) is 141 cm³/mol. The van der Waals surface area contributed by atoms with Gasteiger partial charge in [0.05, 0.1) is 29.2 Å². The monoisotopic (exact) mass is 520 g/mol. The molecule has 0 unspecified atom stereocenters. The third-order valence-electron chi connectivity index (χ3n) is 7.96. The molecule has 37 heavy (non-hydrogen) atoms. The van der Waals surface area contributed by atoms with Gasteiger partial charge in [-0.2, -0.15) is 4.31 Å². The van der Waals surface area contributed by atoms with Gasteiger partial charge in [-0.15, -0.1) is 0 Å². The SMILES string of the molecule is O=C(Cc1cccc(-c2ccc(S(=O)(=O)N3CCC[C@@H]3CO)cc2)n1)C1(c2ccc3c(c2)CCO3)CC1.[HH]. The van der Waals surface area contributed by atoms with Crippen molar-refractivity contribution in [3.05, 3.63) is 77.5 Å². The molecule has 2 fully saturated rings. The number of ether oxygens (including phenoxy) is 1. The van der Waals surface area contributed by atoms with E-state index >= 15 is 0 Å². The summed E-state index contributed by atoms with van der Waals surface area (Å²) in [5.41, 5.74) is 4.02. The molecular formula is C29H32N2O5S. The fourth-order valence-electron chi connectivity index (χ4n) is 5.65. The lowest BCUT2D eigenvalue weighted by Gasteiger charge is -2.22. The van der Waals surface area contributed by atoms with Gasteiger partial charge in [0.25, 0.3) is 0 Å². The standard InChI is InChI=1S/C29H30N2O5S.H2/c32-19-24-4-2-15-31(24)37(34,35)25-9-6-20(7-10-25)26-5-1-3-23(30-26)18-28(33)29(13-14-29)22-8-11-27-21(17-22)12-16-36-27;/h1,3,5-11,17,24,32H,2,4,12-16,18-19H2;1H/t24-;/m1./s1. The number of hydrogen-bond donors (Lipinski definition) is 1. The normalized spacial score (nSPS) is 20.4. The number of fused-ring (bicyclic) bond motifs is 1. The number of aliphatic hydroxyl groups excluding tert-OH is 1. The van der Waals surface area contributed by atoms with Crippen molar-refractivity contribution in [3.8, 4) is 17.0 Å². The highest BCUT2D eigenvalue weighted by Crippen LogP contribution is 2.50. The maximum Gasteiger partial charge on any atom is 0.243 e. The Balaban J connectivity index is 0.00000294. The van der Waals surface area contributed by atoms with Crippen LogP contribution in [0.5, 0.6) is 5.75 Å². The van der Waals surface area contributed by atoms with Gasteiger partial charge in [-0.05, 0) is 67.1 Å². The van der Waals surface area contributed by atoms with Crippen LogP contribution in [0.1, 0.15) is 43.9 Å². The fourth-order valence-corrected chi connectivity index (χ4v) is 7.34. The van der Waals surface area contributed by atoms with E-state index < -0.39 is 15.4 Å². The molecule has 3 heterocycles.